The number of ether oxygens (including phenoxy) is 1. The van der Waals surface area contributed by atoms with E-state index in [0.717, 1.165) is 0 Å². The van der Waals surface area contributed by atoms with Gasteiger partial charge in [0.05, 0.1) is 12.2 Å². The first-order valence-corrected chi connectivity index (χ1v) is 7.83. The number of hydrogen-bond donors (Lipinski definition) is 2. The van der Waals surface area contributed by atoms with Crippen molar-refractivity contribution in [2.75, 3.05) is 23.4 Å². The summed E-state index contributed by atoms with van der Waals surface area (Å²) in [4.78, 5) is 26.2. The minimum absolute atomic E-state index is 0. The van der Waals surface area contributed by atoms with E-state index < -0.39 is 5.41 Å². The Labute approximate surface area is 149 Å². The number of benzene rings is 1. The van der Waals surface area contributed by atoms with Gasteiger partial charge in [-0.2, -0.15) is 0 Å². The molecule has 0 aliphatic carbocycles. The Kier molecular flexibility index (Phi) is 6.63. The summed E-state index contributed by atoms with van der Waals surface area (Å²) in [5, 5.41) is 2.81. The van der Waals surface area contributed by atoms with Crippen LogP contribution in [0.15, 0.2) is 18.2 Å². The molecule has 0 fully saturated rings. The zero-order chi connectivity index (χ0) is 17.2. The van der Waals surface area contributed by atoms with Crippen LogP contribution in [0.2, 0.25) is 0 Å². The standard InChI is InChI=1S/C17H25N3O3.ClH/c1-11(18)9-15(21)19-12-5-6-14-13(10-12)20(7-8-23-14)16(22)17(2,3)4;/h5-6,10-11H,7-9,18H2,1-4H3,(H,19,21);1H. The Morgan fingerprint density at radius 1 is 1.38 bits per heavy atom. The third-order valence-electron chi connectivity index (χ3n) is 3.50. The molecule has 0 radical (unpaired) electrons. The van der Waals surface area contributed by atoms with Crippen molar-refractivity contribution in [3.05, 3.63) is 18.2 Å². The van der Waals surface area contributed by atoms with Crippen molar-refractivity contribution in [1.82, 2.24) is 0 Å². The van der Waals surface area contributed by atoms with Gasteiger partial charge in [0, 0.05) is 23.6 Å². The Bertz CT molecular complexity index is 612. The number of nitrogens with one attached hydrogen (secondary N) is 1. The molecule has 7 heteroatoms. The Morgan fingerprint density at radius 2 is 2.04 bits per heavy atom. The zero-order valence-electron chi connectivity index (χ0n) is 14.6. The van der Waals surface area contributed by atoms with E-state index in [1.807, 2.05) is 20.8 Å². The number of hydrogen-bond acceptors (Lipinski definition) is 4. The van der Waals surface area contributed by atoms with E-state index in [0.29, 0.717) is 30.3 Å². The summed E-state index contributed by atoms with van der Waals surface area (Å²) in [6.45, 7) is 8.41. The van der Waals surface area contributed by atoms with Crippen LogP contribution in [0.1, 0.15) is 34.1 Å². The molecule has 1 unspecified atom stereocenters. The molecule has 0 aromatic heterocycles. The van der Waals surface area contributed by atoms with Gasteiger partial charge in [-0.1, -0.05) is 20.8 Å². The molecule has 134 valence electrons. The van der Waals surface area contributed by atoms with Crippen LogP contribution in [-0.4, -0.2) is 31.0 Å². The van der Waals surface area contributed by atoms with Gasteiger partial charge in [0.15, 0.2) is 0 Å². The lowest BCUT2D eigenvalue weighted by molar-refractivity contribution is -0.126. The van der Waals surface area contributed by atoms with Gasteiger partial charge in [-0.05, 0) is 25.1 Å². The molecule has 1 aromatic carbocycles. The van der Waals surface area contributed by atoms with Crippen molar-refractivity contribution in [2.24, 2.45) is 11.1 Å². The number of carbonyl (C=O) groups excluding carboxylic acids is 2. The van der Waals surface area contributed by atoms with E-state index >= 15 is 0 Å². The number of amides is 2. The predicted molar refractivity (Wildman–Crippen MR) is 97.9 cm³/mol. The summed E-state index contributed by atoms with van der Waals surface area (Å²) < 4.78 is 5.61. The minimum atomic E-state index is -0.483. The van der Waals surface area contributed by atoms with E-state index in [9.17, 15) is 9.59 Å². The molecule has 3 N–H and O–H groups in total. The molecule has 1 atom stereocenters. The van der Waals surface area contributed by atoms with Gasteiger partial charge in [0.25, 0.3) is 0 Å². The second kappa shape index (κ2) is 7.85. The maximum absolute atomic E-state index is 12.6. The van der Waals surface area contributed by atoms with Gasteiger partial charge in [-0.3, -0.25) is 9.59 Å². The Balaban J connectivity index is 0.00000288. The molecule has 2 amide bonds. The normalized spacial score (nSPS) is 14.8. The fourth-order valence-corrected chi connectivity index (χ4v) is 2.42. The lowest BCUT2D eigenvalue weighted by atomic mass is 9.94. The van der Waals surface area contributed by atoms with Crippen molar-refractivity contribution < 1.29 is 14.3 Å². The molecule has 1 aromatic rings. The van der Waals surface area contributed by atoms with Crippen molar-refractivity contribution in [3.63, 3.8) is 0 Å². The Morgan fingerprint density at radius 3 is 2.62 bits per heavy atom. The summed E-state index contributed by atoms with van der Waals surface area (Å²) >= 11 is 0. The lowest BCUT2D eigenvalue weighted by Gasteiger charge is -2.34. The Hall–Kier alpha value is -1.79. The first-order chi connectivity index (χ1) is 10.7. The maximum Gasteiger partial charge on any atom is 0.232 e. The predicted octanol–water partition coefficient (Wildman–Crippen LogP) is 2.56. The van der Waals surface area contributed by atoms with Gasteiger partial charge in [-0.15, -0.1) is 12.4 Å². The highest BCUT2D eigenvalue weighted by molar-refractivity contribution is 6.00. The first-order valence-electron chi connectivity index (χ1n) is 7.83. The minimum Gasteiger partial charge on any atom is -0.490 e. The second-order valence-corrected chi connectivity index (χ2v) is 6.97. The highest BCUT2D eigenvalue weighted by Crippen LogP contribution is 2.36. The number of nitrogens with zero attached hydrogens (tertiary/aromatic N) is 1. The van der Waals surface area contributed by atoms with E-state index in [1.165, 1.54) is 0 Å². The molecular weight excluding hydrogens is 330 g/mol. The fourth-order valence-electron chi connectivity index (χ4n) is 2.42. The quantitative estimate of drug-likeness (QED) is 0.872. The van der Waals surface area contributed by atoms with Gasteiger partial charge in [0.1, 0.15) is 12.4 Å². The van der Waals surface area contributed by atoms with E-state index in [-0.39, 0.29) is 36.7 Å². The van der Waals surface area contributed by atoms with Gasteiger partial charge < -0.3 is 20.7 Å². The van der Waals surface area contributed by atoms with Gasteiger partial charge >= 0.3 is 0 Å². The molecule has 0 saturated carbocycles. The van der Waals surface area contributed by atoms with Crippen LogP contribution in [-0.2, 0) is 9.59 Å². The van der Waals surface area contributed by atoms with Crippen LogP contribution in [0.3, 0.4) is 0 Å². The van der Waals surface area contributed by atoms with E-state index in [4.69, 9.17) is 10.5 Å². The molecule has 1 aliphatic heterocycles. The van der Waals surface area contributed by atoms with Crippen LogP contribution < -0.4 is 20.7 Å². The fraction of sp³-hybridized carbons (Fsp3) is 0.529. The highest BCUT2D eigenvalue weighted by Gasteiger charge is 2.32. The summed E-state index contributed by atoms with van der Waals surface area (Å²) in [6.07, 6.45) is 0.248. The monoisotopic (exact) mass is 355 g/mol. The average molecular weight is 356 g/mol. The largest absolute Gasteiger partial charge is 0.490 e. The third-order valence-corrected chi connectivity index (χ3v) is 3.50. The third kappa shape index (κ3) is 4.85. The molecule has 0 spiro atoms. The second-order valence-electron chi connectivity index (χ2n) is 6.97. The summed E-state index contributed by atoms with van der Waals surface area (Å²) in [5.74, 6) is 0.533. The smallest absolute Gasteiger partial charge is 0.232 e. The number of anilines is 2. The number of rotatable bonds is 3. The number of fused-ring (bicyclic) bond motifs is 1. The van der Waals surface area contributed by atoms with Gasteiger partial charge in [-0.25, -0.2) is 0 Å². The van der Waals surface area contributed by atoms with Crippen LogP contribution in [0.25, 0.3) is 0 Å². The van der Waals surface area contributed by atoms with Crippen molar-refractivity contribution in [2.45, 2.75) is 40.2 Å². The highest BCUT2D eigenvalue weighted by atomic mass is 35.5. The van der Waals surface area contributed by atoms with Crippen LogP contribution in [0.4, 0.5) is 11.4 Å². The molecule has 2 rings (SSSR count). The first kappa shape index (κ1) is 20.3. The van der Waals surface area contributed by atoms with Crippen LogP contribution >= 0.6 is 12.4 Å². The average Bonchev–Trinajstić information content (AvgIpc) is 2.44. The molecule has 1 heterocycles. The van der Waals surface area contributed by atoms with Crippen LogP contribution in [0, 0.1) is 5.41 Å². The number of nitrogens with two attached hydrogens (primary N) is 1. The maximum atomic E-state index is 12.6. The summed E-state index contributed by atoms with van der Waals surface area (Å²) in [6, 6.07) is 5.12. The number of halogens is 1. The van der Waals surface area contributed by atoms with Crippen LogP contribution in [0.5, 0.6) is 5.75 Å². The molecule has 0 saturated heterocycles. The zero-order valence-corrected chi connectivity index (χ0v) is 15.4. The van der Waals surface area contributed by atoms with E-state index in [1.54, 1.807) is 30.0 Å². The molecule has 1 aliphatic rings. The van der Waals surface area contributed by atoms with Crippen molar-refractivity contribution in [1.29, 1.82) is 0 Å². The molecule has 6 nitrogen and oxygen atoms in total. The molecule has 0 bridgehead atoms. The molecular formula is C17H26ClN3O3. The summed E-state index contributed by atoms with van der Waals surface area (Å²) in [5.41, 5.74) is 6.47. The lowest BCUT2D eigenvalue weighted by Crippen LogP contribution is -2.44. The van der Waals surface area contributed by atoms with Gasteiger partial charge in [0.2, 0.25) is 11.8 Å². The topological polar surface area (TPSA) is 84.7 Å². The van der Waals surface area contributed by atoms with Crippen molar-refractivity contribution >= 4 is 35.6 Å². The number of carbonyl (C=O) groups is 2. The van der Waals surface area contributed by atoms with E-state index in [2.05, 4.69) is 5.32 Å². The van der Waals surface area contributed by atoms with Crippen molar-refractivity contribution in [3.8, 4) is 5.75 Å². The summed E-state index contributed by atoms with van der Waals surface area (Å²) in [7, 11) is 0. The SMILES string of the molecule is CC(N)CC(=O)Nc1ccc2c(c1)N(C(=O)C(C)(C)C)CCO2.Cl. The molecule has 24 heavy (non-hydrogen) atoms.